The fraction of sp³-hybridized carbons (Fsp3) is 0.833. The zero-order valence-corrected chi connectivity index (χ0v) is 12.5. The van der Waals surface area contributed by atoms with Crippen molar-refractivity contribution < 1.29 is 13.3 Å². The number of rotatable bonds is 7. The van der Waals surface area contributed by atoms with E-state index in [9.17, 15) is 0 Å². The Morgan fingerprint density at radius 3 is 1.50 bits per heavy atom. The molecule has 16 heavy (non-hydrogen) atoms. The van der Waals surface area contributed by atoms with Crippen molar-refractivity contribution in [2.75, 3.05) is 19.8 Å². The van der Waals surface area contributed by atoms with E-state index in [1.807, 2.05) is 26.5 Å². The zero-order chi connectivity index (χ0) is 12.7. The maximum atomic E-state index is 5.71. The molecule has 0 aromatic carbocycles. The predicted molar refractivity (Wildman–Crippen MR) is 69.2 cm³/mol. The first-order valence-electron chi connectivity index (χ1n) is 6.01. The van der Waals surface area contributed by atoms with Crippen molar-refractivity contribution in [3.8, 4) is 0 Å². The van der Waals surface area contributed by atoms with Crippen LogP contribution in [-0.2, 0) is 13.3 Å². The molecule has 0 aliphatic heterocycles. The van der Waals surface area contributed by atoms with E-state index in [4.69, 9.17) is 13.3 Å². The summed E-state index contributed by atoms with van der Waals surface area (Å²) in [5, 5.41) is 0. The average Bonchev–Trinajstić information content (AvgIpc) is 2.15. The highest BCUT2D eigenvalue weighted by Gasteiger charge is 2.37. The number of hydrogen-bond acceptors (Lipinski definition) is 3. The van der Waals surface area contributed by atoms with E-state index >= 15 is 0 Å². The lowest BCUT2D eigenvalue weighted by atomic mass is 9.98. The Kier molecular flexibility index (Phi) is 7.15. The van der Waals surface area contributed by atoms with Crippen LogP contribution in [0.2, 0.25) is 0 Å². The summed E-state index contributed by atoms with van der Waals surface area (Å²) in [5.41, 5.74) is 2.12. The van der Waals surface area contributed by atoms with Crippen LogP contribution in [0.4, 0.5) is 0 Å². The summed E-state index contributed by atoms with van der Waals surface area (Å²) in [6.07, 6.45) is 2.11. The van der Waals surface area contributed by atoms with Gasteiger partial charge in [-0.3, -0.25) is 0 Å². The third kappa shape index (κ3) is 6.43. The van der Waals surface area contributed by atoms with E-state index in [0.717, 1.165) is 0 Å². The second-order valence-electron chi connectivity index (χ2n) is 4.60. The third-order valence-electron chi connectivity index (χ3n) is 1.82. The molecule has 0 bridgehead atoms. The normalized spacial score (nSPS) is 13.6. The molecule has 0 aromatic rings. The lowest BCUT2D eigenvalue weighted by Crippen LogP contribution is -2.44. The Morgan fingerprint density at radius 2 is 1.25 bits per heavy atom. The Bertz CT molecular complexity index is 192. The van der Waals surface area contributed by atoms with Gasteiger partial charge in [-0.05, 0) is 31.9 Å². The van der Waals surface area contributed by atoms with Gasteiger partial charge in [-0.15, -0.1) is 0 Å². The minimum Gasteiger partial charge on any atom is -0.371 e. The lowest BCUT2D eigenvalue weighted by molar-refractivity contribution is 0.0840. The molecule has 0 aliphatic rings. The van der Waals surface area contributed by atoms with Gasteiger partial charge < -0.3 is 13.3 Å². The Morgan fingerprint density at radius 1 is 0.875 bits per heavy atom. The van der Waals surface area contributed by atoms with Crippen LogP contribution in [0.3, 0.4) is 0 Å². The first kappa shape index (κ1) is 15.8. The van der Waals surface area contributed by atoms with Crippen molar-refractivity contribution in [2.24, 2.45) is 5.41 Å². The zero-order valence-electron chi connectivity index (χ0n) is 11.5. The van der Waals surface area contributed by atoms with Crippen LogP contribution in [0.15, 0.2) is 11.8 Å². The van der Waals surface area contributed by atoms with E-state index in [1.165, 1.54) is 0 Å². The van der Waals surface area contributed by atoms with Gasteiger partial charge in [0.15, 0.2) is 0 Å². The van der Waals surface area contributed by atoms with Crippen molar-refractivity contribution in [1.29, 1.82) is 0 Å². The van der Waals surface area contributed by atoms with E-state index in [-0.39, 0.29) is 5.41 Å². The van der Waals surface area contributed by atoms with Gasteiger partial charge in [0.2, 0.25) is 0 Å². The van der Waals surface area contributed by atoms with Gasteiger partial charge in [-0.2, -0.15) is 0 Å². The van der Waals surface area contributed by atoms with E-state index in [1.54, 1.807) is 0 Å². The van der Waals surface area contributed by atoms with Crippen LogP contribution in [0.5, 0.6) is 0 Å². The Labute approximate surface area is 101 Å². The predicted octanol–water partition coefficient (Wildman–Crippen LogP) is 3.18. The molecule has 4 heteroatoms. The molecule has 3 nitrogen and oxygen atoms in total. The molecular weight excluding hydrogens is 220 g/mol. The third-order valence-corrected chi connectivity index (χ3v) is 4.47. The van der Waals surface area contributed by atoms with Crippen LogP contribution in [0.25, 0.3) is 0 Å². The van der Waals surface area contributed by atoms with Crippen LogP contribution < -0.4 is 0 Å². The summed E-state index contributed by atoms with van der Waals surface area (Å²) in [6.45, 7) is 14.2. The van der Waals surface area contributed by atoms with Crippen LogP contribution in [0.1, 0.15) is 41.5 Å². The second-order valence-corrected chi connectivity index (χ2v) is 7.01. The van der Waals surface area contributed by atoms with Crippen LogP contribution >= 0.6 is 0 Å². The summed E-state index contributed by atoms with van der Waals surface area (Å²) >= 11 is 0. The first-order valence-corrected chi connectivity index (χ1v) is 7.81. The number of allylic oxidation sites excluding steroid dienone is 1. The smallest absolute Gasteiger partial charge is 0.371 e. The largest absolute Gasteiger partial charge is 0.529 e. The van der Waals surface area contributed by atoms with Gasteiger partial charge in [0, 0.05) is 19.8 Å². The van der Waals surface area contributed by atoms with E-state index in [0.29, 0.717) is 19.8 Å². The lowest BCUT2D eigenvalue weighted by Gasteiger charge is -2.26. The molecule has 0 unspecified atom stereocenters. The quantitative estimate of drug-likeness (QED) is 0.646. The Hall–Kier alpha value is -0.163. The highest BCUT2D eigenvalue weighted by Crippen LogP contribution is 2.19. The second kappa shape index (κ2) is 7.22. The van der Waals surface area contributed by atoms with Gasteiger partial charge >= 0.3 is 8.80 Å². The fourth-order valence-corrected chi connectivity index (χ4v) is 3.67. The van der Waals surface area contributed by atoms with Gasteiger partial charge in [0.25, 0.3) is 0 Å². The van der Waals surface area contributed by atoms with Crippen LogP contribution in [0, 0.1) is 5.41 Å². The highest BCUT2D eigenvalue weighted by atomic mass is 28.4. The van der Waals surface area contributed by atoms with Crippen molar-refractivity contribution in [3.05, 3.63) is 11.8 Å². The molecule has 0 atom stereocenters. The van der Waals surface area contributed by atoms with Gasteiger partial charge in [-0.1, -0.05) is 26.8 Å². The average molecular weight is 246 g/mol. The first-order chi connectivity index (χ1) is 7.39. The molecule has 0 spiro atoms. The standard InChI is InChI=1S/C12H26O3Si/c1-7-13-16(14-8-2,15-9-3)11-10-12(4,5)6/h10-11H,7-9H2,1-6H3. The van der Waals surface area contributed by atoms with Crippen molar-refractivity contribution in [1.82, 2.24) is 0 Å². The molecule has 0 aromatic heterocycles. The molecule has 0 saturated carbocycles. The minimum absolute atomic E-state index is 0.115. The molecule has 0 amide bonds. The highest BCUT2D eigenvalue weighted by molar-refractivity contribution is 6.66. The molecule has 0 N–H and O–H groups in total. The SMILES string of the molecule is CCO[Si](C=CC(C)(C)C)(OCC)OCC. The molecule has 0 fully saturated rings. The fourth-order valence-electron chi connectivity index (χ4n) is 1.22. The van der Waals surface area contributed by atoms with E-state index in [2.05, 4.69) is 26.8 Å². The van der Waals surface area contributed by atoms with Gasteiger partial charge in [-0.25, -0.2) is 0 Å². The van der Waals surface area contributed by atoms with Gasteiger partial charge in [0.05, 0.1) is 0 Å². The maximum absolute atomic E-state index is 5.71. The van der Waals surface area contributed by atoms with Gasteiger partial charge in [0.1, 0.15) is 0 Å². The molecule has 0 radical (unpaired) electrons. The van der Waals surface area contributed by atoms with Crippen molar-refractivity contribution in [2.45, 2.75) is 41.5 Å². The molecule has 96 valence electrons. The topological polar surface area (TPSA) is 27.7 Å². The van der Waals surface area contributed by atoms with Crippen LogP contribution in [-0.4, -0.2) is 28.6 Å². The monoisotopic (exact) mass is 246 g/mol. The maximum Gasteiger partial charge on any atom is 0.529 e. The molecule has 0 heterocycles. The molecular formula is C12H26O3Si. The Balaban J connectivity index is 4.78. The molecule has 0 aliphatic carbocycles. The number of hydrogen-bond donors (Lipinski definition) is 0. The summed E-state index contributed by atoms with van der Waals surface area (Å²) in [5.74, 6) is 0. The van der Waals surface area contributed by atoms with E-state index < -0.39 is 8.80 Å². The summed E-state index contributed by atoms with van der Waals surface area (Å²) < 4.78 is 17.1. The van der Waals surface area contributed by atoms with Crippen molar-refractivity contribution >= 4 is 8.80 Å². The summed E-state index contributed by atoms with van der Waals surface area (Å²) in [7, 11) is -2.59. The summed E-state index contributed by atoms with van der Waals surface area (Å²) in [6, 6.07) is 0. The molecule has 0 saturated heterocycles. The van der Waals surface area contributed by atoms with Crippen molar-refractivity contribution in [3.63, 3.8) is 0 Å². The summed E-state index contributed by atoms with van der Waals surface area (Å²) in [4.78, 5) is 0. The minimum atomic E-state index is -2.59. The molecule has 0 rings (SSSR count).